The van der Waals surface area contributed by atoms with E-state index in [1.165, 1.54) is 18.6 Å². The first-order valence-corrected chi connectivity index (χ1v) is 12.0. The van der Waals surface area contributed by atoms with Crippen LogP contribution in [0.5, 0.6) is 5.75 Å². The number of nitrogens with one attached hydrogen (secondary N) is 2. The van der Waals surface area contributed by atoms with Gasteiger partial charge in [0.1, 0.15) is 23.6 Å². The highest BCUT2D eigenvalue weighted by Gasteiger charge is 2.32. The largest absolute Gasteiger partial charge is 0.493 e. The number of para-hydroxylation sites is 1. The third-order valence-corrected chi connectivity index (χ3v) is 6.35. The zero-order valence-electron chi connectivity index (χ0n) is 19.9. The number of aryl methyl sites for hydroxylation is 1. The number of amides is 1. The Morgan fingerprint density at radius 1 is 1.24 bits per heavy atom. The van der Waals surface area contributed by atoms with Crippen molar-refractivity contribution in [3.63, 3.8) is 0 Å². The minimum Gasteiger partial charge on any atom is -0.493 e. The Labute approximate surface area is 217 Å². The molecule has 2 unspecified atom stereocenters. The Morgan fingerprint density at radius 3 is 2.89 bits per heavy atom. The zero-order chi connectivity index (χ0) is 26.0. The van der Waals surface area contributed by atoms with Gasteiger partial charge >= 0.3 is 0 Å². The van der Waals surface area contributed by atoms with Crippen LogP contribution in [0.15, 0.2) is 67.3 Å². The summed E-state index contributed by atoms with van der Waals surface area (Å²) in [7, 11) is 0. The van der Waals surface area contributed by atoms with Gasteiger partial charge in [-0.15, -0.1) is 0 Å². The number of rotatable bonds is 7. The highest BCUT2D eigenvalue weighted by Crippen LogP contribution is 2.33. The lowest BCUT2D eigenvalue weighted by Gasteiger charge is -2.27. The molecule has 1 aliphatic heterocycles. The Balaban J connectivity index is 1.36. The molecule has 0 radical (unpaired) electrons. The van der Waals surface area contributed by atoms with E-state index in [2.05, 4.69) is 25.6 Å². The number of carbonyl (C=O) groups excluding carboxylic acids is 1. The van der Waals surface area contributed by atoms with Crippen LogP contribution in [0.3, 0.4) is 0 Å². The Hall–Kier alpha value is -3.99. The van der Waals surface area contributed by atoms with Gasteiger partial charge in [-0.05, 0) is 25.1 Å². The van der Waals surface area contributed by atoms with E-state index in [9.17, 15) is 15.0 Å². The molecule has 0 saturated carbocycles. The number of aromatic nitrogens is 4. The van der Waals surface area contributed by atoms with Gasteiger partial charge in [-0.2, -0.15) is 4.98 Å². The number of ether oxygens (including phenoxy) is 1. The van der Waals surface area contributed by atoms with Crippen molar-refractivity contribution in [1.29, 1.82) is 0 Å². The maximum atomic E-state index is 12.9. The number of halogens is 1. The Bertz CT molecular complexity index is 1440. The maximum absolute atomic E-state index is 12.9. The van der Waals surface area contributed by atoms with Crippen molar-refractivity contribution in [2.24, 2.45) is 0 Å². The summed E-state index contributed by atoms with van der Waals surface area (Å²) in [6, 6.07) is 14.1. The predicted molar refractivity (Wildman–Crippen MR) is 137 cm³/mol. The number of hydrogen-bond acceptors (Lipinski definition) is 8. The lowest BCUT2D eigenvalue weighted by atomic mass is 10.0. The second kappa shape index (κ2) is 10.2. The van der Waals surface area contributed by atoms with Gasteiger partial charge in [0, 0.05) is 40.5 Å². The molecule has 0 fully saturated rings. The summed E-state index contributed by atoms with van der Waals surface area (Å²) in [5, 5.41) is 26.8. The van der Waals surface area contributed by atoms with Gasteiger partial charge in [-0.3, -0.25) is 9.36 Å². The number of carbonyl (C=O) groups is 1. The fourth-order valence-corrected chi connectivity index (χ4v) is 4.36. The van der Waals surface area contributed by atoms with Crippen molar-refractivity contribution in [2.75, 3.05) is 18.5 Å². The fraction of sp³-hybridized carbons (Fsp3) is 0.231. The summed E-state index contributed by atoms with van der Waals surface area (Å²) in [6.07, 6.45) is 5.40. The molecule has 5 rings (SSSR count). The van der Waals surface area contributed by atoms with E-state index in [1.54, 1.807) is 29.0 Å². The summed E-state index contributed by atoms with van der Waals surface area (Å²) in [5.41, 5.74) is 0.0468. The van der Waals surface area contributed by atoms with Crippen LogP contribution in [-0.4, -0.2) is 48.9 Å². The van der Waals surface area contributed by atoms with Gasteiger partial charge in [0.2, 0.25) is 5.95 Å². The molecule has 1 amide bonds. The molecule has 0 saturated heterocycles. The maximum Gasteiger partial charge on any atom is 0.274 e. The number of fused-ring (bicyclic) bond motifs is 1. The highest BCUT2D eigenvalue weighted by atomic mass is 35.5. The first kappa shape index (κ1) is 24.7. The monoisotopic (exact) mass is 520 g/mol. The minimum absolute atomic E-state index is 0.00715. The van der Waals surface area contributed by atoms with Crippen LogP contribution >= 0.6 is 11.6 Å². The van der Waals surface area contributed by atoms with E-state index in [1.807, 2.05) is 31.2 Å². The van der Waals surface area contributed by atoms with Crippen LogP contribution in [0.25, 0.3) is 5.82 Å². The minimum atomic E-state index is -2.03. The number of benzene rings is 2. The second-order valence-electron chi connectivity index (χ2n) is 8.72. The molecule has 1 aliphatic rings. The van der Waals surface area contributed by atoms with Crippen molar-refractivity contribution in [3.8, 4) is 11.6 Å². The molecule has 3 heterocycles. The van der Waals surface area contributed by atoms with Crippen LogP contribution in [0.2, 0.25) is 5.02 Å². The standard InChI is InChI=1S/C26H25ClN6O4/c1-16-12-28-25(30-20-9-10-37-22-8-3-2-7-19(20)22)31-23(16)33-13-21(29-15-33)24(35)32-26(36,14-34)17-5-4-6-18(27)11-17/h2-8,11-13,15,20,34,36H,9-10,14H2,1H3,(H,32,35)(H,28,30,31). The van der Waals surface area contributed by atoms with Gasteiger partial charge in [-0.25, -0.2) is 9.97 Å². The summed E-state index contributed by atoms with van der Waals surface area (Å²) in [4.78, 5) is 26.2. The van der Waals surface area contributed by atoms with Crippen LogP contribution in [-0.2, 0) is 5.72 Å². The third kappa shape index (κ3) is 5.12. The van der Waals surface area contributed by atoms with Crippen molar-refractivity contribution in [1.82, 2.24) is 24.8 Å². The SMILES string of the molecule is Cc1cnc(NC2CCOc3ccccc32)nc1-n1cnc(C(=O)NC(O)(CO)c2cccc(Cl)c2)c1. The molecular formula is C26H25ClN6O4. The van der Waals surface area contributed by atoms with Crippen LogP contribution < -0.4 is 15.4 Å². The first-order chi connectivity index (χ1) is 17.9. The van der Waals surface area contributed by atoms with Crippen LogP contribution in [0.1, 0.15) is 39.6 Å². The predicted octanol–water partition coefficient (Wildman–Crippen LogP) is 3.13. The van der Waals surface area contributed by atoms with Crippen LogP contribution in [0.4, 0.5) is 5.95 Å². The smallest absolute Gasteiger partial charge is 0.274 e. The van der Waals surface area contributed by atoms with Crippen molar-refractivity contribution in [2.45, 2.75) is 25.1 Å². The summed E-state index contributed by atoms with van der Waals surface area (Å²) < 4.78 is 7.34. The molecule has 2 aromatic carbocycles. The summed E-state index contributed by atoms with van der Waals surface area (Å²) in [5.74, 6) is 1.12. The molecular weight excluding hydrogens is 496 g/mol. The van der Waals surface area contributed by atoms with Crippen molar-refractivity contribution < 1.29 is 19.7 Å². The van der Waals surface area contributed by atoms with Gasteiger partial charge in [0.05, 0.1) is 19.3 Å². The molecule has 37 heavy (non-hydrogen) atoms. The average molecular weight is 521 g/mol. The van der Waals surface area contributed by atoms with Crippen molar-refractivity contribution in [3.05, 3.63) is 94.7 Å². The molecule has 10 nitrogen and oxygen atoms in total. The molecule has 190 valence electrons. The van der Waals surface area contributed by atoms with E-state index >= 15 is 0 Å². The molecule has 2 atom stereocenters. The van der Waals surface area contributed by atoms with E-state index < -0.39 is 18.2 Å². The molecule has 0 bridgehead atoms. The number of aliphatic hydroxyl groups excluding tert-OH is 1. The van der Waals surface area contributed by atoms with Gasteiger partial charge in [-0.1, -0.05) is 41.9 Å². The Morgan fingerprint density at radius 2 is 2.08 bits per heavy atom. The lowest BCUT2D eigenvalue weighted by Crippen LogP contribution is -2.48. The second-order valence-corrected chi connectivity index (χ2v) is 9.16. The zero-order valence-corrected chi connectivity index (χ0v) is 20.7. The third-order valence-electron chi connectivity index (χ3n) is 6.12. The number of nitrogens with zero attached hydrogens (tertiary/aromatic N) is 4. The van der Waals surface area contributed by atoms with Gasteiger partial charge in [0.25, 0.3) is 5.91 Å². The number of anilines is 1. The quantitative estimate of drug-likeness (QED) is 0.273. The normalized spacial score (nSPS) is 16.3. The van der Waals surface area contributed by atoms with E-state index in [0.29, 0.717) is 23.4 Å². The van der Waals surface area contributed by atoms with E-state index in [0.717, 1.165) is 23.3 Å². The molecule has 4 N–H and O–H groups in total. The molecule has 4 aromatic rings. The lowest BCUT2D eigenvalue weighted by molar-refractivity contribution is -0.0419. The topological polar surface area (TPSA) is 134 Å². The van der Waals surface area contributed by atoms with Crippen molar-refractivity contribution >= 4 is 23.5 Å². The summed E-state index contributed by atoms with van der Waals surface area (Å²) >= 11 is 6.00. The molecule has 2 aromatic heterocycles. The van der Waals surface area contributed by atoms with Crippen LogP contribution in [0, 0.1) is 6.92 Å². The molecule has 0 spiro atoms. The summed E-state index contributed by atoms with van der Waals surface area (Å²) in [6.45, 7) is 1.68. The Kier molecular flexibility index (Phi) is 6.79. The fourth-order valence-electron chi connectivity index (χ4n) is 4.17. The number of aliphatic hydroxyl groups is 2. The highest BCUT2D eigenvalue weighted by molar-refractivity contribution is 6.30. The van der Waals surface area contributed by atoms with E-state index in [4.69, 9.17) is 16.3 Å². The molecule has 11 heteroatoms. The van der Waals surface area contributed by atoms with Gasteiger partial charge < -0.3 is 25.6 Å². The van der Waals surface area contributed by atoms with E-state index in [-0.39, 0.29) is 17.3 Å². The average Bonchev–Trinajstić information content (AvgIpc) is 3.40. The van der Waals surface area contributed by atoms with Gasteiger partial charge in [0.15, 0.2) is 5.72 Å². The number of imidazole rings is 1. The first-order valence-electron chi connectivity index (χ1n) is 11.6. The molecule has 0 aliphatic carbocycles. The number of hydrogen-bond donors (Lipinski definition) is 4.